The summed E-state index contributed by atoms with van der Waals surface area (Å²) in [6.07, 6.45) is 14.8. The molecule has 2 atom stereocenters. The predicted octanol–water partition coefficient (Wildman–Crippen LogP) is 5.73. The molecule has 2 unspecified atom stereocenters. The highest BCUT2D eigenvalue weighted by Crippen LogP contribution is 2.12. The van der Waals surface area contributed by atoms with Gasteiger partial charge in [-0.3, -0.25) is 9.11 Å². The van der Waals surface area contributed by atoms with Gasteiger partial charge in [-0.15, -0.1) is 0 Å². The van der Waals surface area contributed by atoms with Crippen molar-refractivity contribution in [3.8, 4) is 0 Å². The molecule has 0 aliphatic heterocycles. The Morgan fingerprint density at radius 2 is 0.756 bits per heavy atom. The molecule has 0 saturated heterocycles. The Kier molecular flexibility index (Phi) is 30.5. The van der Waals surface area contributed by atoms with Crippen LogP contribution in [0.25, 0.3) is 0 Å². The van der Waals surface area contributed by atoms with Crippen LogP contribution in [0.5, 0.6) is 0 Å². The summed E-state index contributed by atoms with van der Waals surface area (Å²) in [6, 6.07) is 0. The Bertz CT molecular complexity index is 773. The van der Waals surface area contributed by atoms with Crippen LogP contribution in [0.1, 0.15) is 117 Å². The predicted molar refractivity (Wildman–Crippen MR) is 172 cm³/mol. The molecule has 0 amide bonds. The van der Waals surface area contributed by atoms with Gasteiger partial charge in [0.25, 0.3) is 0 Å². The van der Waals surface area contributed by atoms with Gasteiger partial charge in [0.1, 0.15) is 12.2 Å². The second kappa shape index (κ2) is 30.8. The molecule has 0 aromatic carbocycles. The van der Waals surface area contributed by atoms with Crippen LogP contribution in [0.3, 0.4) is 0 Å². The molecule has 2 N–H and O–H groups in total. The average Bonchev–Trinajstić information content (AvgIpc) is 2.96. The fourth-order valence-corrected chi connectivity index (χ4v) is 5.36. The fourth-order valence-electron chi connectivity index (χ4n) is 4.41. The lowest BCUT2D eigenvalue weighted by Gasteiger charge is -2.17. The molecule has 0 aromatic heterocycles. The topological polar surface area (TPSA) is 173 Å². The Balaban J connectivity index is 4.00. The highest BCUT2D eigenvalue weighted by Gasteiger charge is 2.19. The molecule has 0 spiro atoms. The summed E-state index contributed by atoms with van der Waals surface area (Å²) in [5.41, 5.74) is 0. The quantitative estimate of drug-likeness (QED) is 0.0602. The van der Waals surface area contributed by atoms with Crippen molar-refractivity contribution in [2.75, 3.05) is 66.1 Å². The van der Waals surface area contributed by atoms with Crippen molar-refractivity contribution >= 4 is 20.8 Å². The van der Waals surface area contributed by atoms with Crippen molar-refractivity contribution in [2.45, 2.75) is 129 Å². The van der Waals surface area contributed by atoms with E-state index in [2.05, 4.69) is 18.0 Å². The molecule has 0 saturated carbocycles. The minimum Gasteiger partial charge on any atom is -0.381 e. The summed E-state index contributed by atoms with van der Waals surface area (Å²) in [4.78, 5) is 0. The zero-order valence-corrected chi connectivity index (χ0v) is 29.4. The number of hydrogen-bond donors (Lipinski definition) is 2. The van der Waals surface area contributed by atoms with Crippen LogP contribution >= 0.6 is 0 Å². The summed E-state index contributed by atoms with van der Waals surface area (Å²) in [7, 11) is -9.25. The number of rotatable bonds is 36. The van der Waals surface area contributed by atoms with E-state index in [1.165, 1.54) is 44.9 Å². The molecule has 0 aliphatic carbocycles. The lowest BCUT2D eigenvalue weighted by Crippen LogP contribution is -2.29. The van der Waals surface area contributed by atoms with Gasteiger partial charge >= 0.3 is 20.8 Å². The van der Waals surface area contributed by atoms with Crippen LogP contribution in [0.2, 0.25) is 0 Å². The molecule has 15 heteroatoms. The van der Waals surface area contributed by atoms with Crippen molar-refractivity contribution in [3.63, 3.8) is 0 Å². The van der Waals surface area contributed by atoms with Gasteiger partial charge in [0.15, 0.2) is 0 Å². The summed E-state index contributed by atoms with van der Waals surface area (Å²) < 4.78 is 99.6. The van der Waals surface area contributed by atoms with Gasteiger partial charge in [-0.1, -0.05) is 90.9 Å². The van der Waals surface area contributed by atoms with Crippen LogP contribution in [0.4, 0.5) is 0 Å². The molecule has 272 valence electrons. The number of hydrogen-bond acceptors (Lipinski definition) is 11. The van der Waals surface area contributed by atoms with Gasteiger partial charge in [-0.05, 0) is 25.7 Å². The number of unbranched alkanes of at least 4 members (excludes halogenated alkanes) is 12. The number of ether oxygens (including phenoxy) is 5. The monoisotopic (exact) mass is 694 g/mol. The zero-order valence-electron chi connectivity index (χ0n) is 27.7. The van der Waals surface area contributed by atoms with Gasteiger partial charge in [0.2, 0.25) is 0 Å². The molecule has 0 aromatic rings. The van der Waals surface area contributed by atoms with Crippen molar-refractivity contribution in [2.24, 2.45) is 0 Å². The first kappa shape index (κ1) is 44.5. The molecule has 0 bridgehead atoms. The lowest BCUT2D eigenvalue weighted by molar-refractivity contribution is -0.0331. The second-order valence-corrected chi connectivity index (χ2v) is 13.2. The maximum absolute atomic E-state index is 11.2. The van der Waals surface area contributed by atoms with Crippen molar-refractivity contribution in [1.29, 1.82) is 0 Å². The Labute approximate surface area is 273 Å². The third-order valence-corrected chi connectivity index (χ3v) is 7.80. The van der Waals surface area contributed by atoms with Crippen molar-refractivity contribution in [3.05, 3.63) is 0 Å². The molecule has 0 heterocycles. The van der Waals surface area contributed by atoms with Crippen molar-refractivity contribution in [1.82, 2.24) is 0 Å². The van der Waals surface area contributed by atoms with Gasteiger partial charge in [0, 0.05) is 19.8 Å². The minimum absolute atomic E-state index is 0.0200. The van der Waals surface area contributed by atoms with Crippen LogP contribution in [-0.2, 0) is 52.8 Å². The minimum atomic E-state index is -4.65. The maximum Gasteiger partial charge on any atom is 0.397 e. The molecule has 0 aliphatic rings. The van der Waals surface area contributed by atoms with E-state index in [-0.39, 0.29) is 46.2 Å². The zero-order chi connectivity index (χ0) is 33.5. The largest absolute Gasteiger partial charge is 0.397 e. The Morgan fingerprint density at radius 3 is 1.29 bits per heavy atom. The molecular weight excluding hydrogens is 632 g/mol. The summed E-state index contributed by atoms with van der Waals surface area (Å²) in [5.74, 6) is 0. The van der Waals surface area contributed by atoms with Gasteiger partial charge < -0.3 is 23.7 Å². The van der Waals surface area contributed by atoms with Crippen LogP contribution < -0.4 is 0 Å². The molecule has 0 fully saturated rings. The van der Waals surface area contributed by atoms with Crippen LogP contribution in [0.15, 0.2) is 0 Å². The summed E-state index contributed by atoms with van der Waals surface area (Å²) in [5, 5.41) is 0. The SMILES string of the molecule is CCCCCCCCCCOCC(COCCOCCOCC(CCCCCCOCCCCC)OS(=O)(=O)O)OS(=O)(=O)O. The lowest BCUT2D eigenvalue weighted by atomic mass is 10.1. The first-order valence-corrected chi connectivity index (χ1v) is 19.5. The average molecular weight is 695 g/mol. The third-order valence-electron chi connectivity index (χ3n) is 6.77. The van der Waals surface area contributed by atoms with E-state index >= 15 is 0 Å². The third kappa shape index (κ3) is 36.2. The van der Waals surface area contributed by atoms with E-state index < -0.39 is 33.0 Å². The van der Waals surface area contributed by atoms with Gasteiger partial charge in [0.05, 0.1) is 46.2 Å². The van der Waals surface area contributed by atoms with Gasteiger partial charge in [-0.25, -0.2) is 8.37 Å². The van der Waals surface area contributed by atoms with Crippen molar-refractivity contribution < 1.29 is 58.0 Å². The van der Waals surface area contributed by atoms with E-state index in [4.69, 9.17) is 37.0 Å². The van der Waals surface area contributed by atoms with E-state index in [9.17, 15) is 16.8 Å². The highest BCUT2D eigenvalue weighted by molar-refractivity contribution is 7.81. The summed E-state index contributed by atoms with van der Waals surface area (Å²) in [6.45, 7) is 6.84. The maximum atomic E-state index is 11.2. The van der Waals surface area contributed by atoms with Crippen LogP contribution in [0, 0.1) is 0 Å². The Morgan fingerprint density at radius 1 is 0.422 bits per heavy atom. The normalized spacial score (nSPS) is 13.8. The molecule has 13 nitrogen and oxygen atoms in total. The molecular formula is C30H62O13S2. The Hall–Kier alpha value is -0.460. The molecule has 0 rings (SSSR count). The second-order valence-electron chi connectivity index (χ2n) is 11.1. The first-order valence-electron chi connectivity index (χ1n) is 16.8. The summed E-state index contributed by atoms with van der Waals surface area (Å²) >= 11 is 0. The first-order chi connectivity index (χ1) is 21.6. The van der Waals surface area contributed by atoms with Gasteiger partial charge in [-0.2, -0.15) is 16.8 Å². The van der Waals surface area contributed by atoms with E-state index in [0.29, 0.717) is 13.0 Å². The van der Waals surface area contributed by atoms with E-state index in [1.807, 2.05) is 0 Å². The van der Waals surface area contributed by atoms with Crippen LogP contribution in [-0.4, -0.2) is 104 Å². The smallest absolute Gasteiger partial charge is 0.381 e. The fraction of sp³-hybridized carbons (Fsp3) is 1.00. The highest BCUT2D eigenvalue weighted by atomic mass is 32.3. The van der Waals surface area contributed by atoms with E-state index in [1.54, 1.807) is 0 Å². The molecule has 0 radical (unpaired) electrons. The standard InChI is InChI=1S/C30H62O13S2/c1-3-5-7-8-9-10-12-17-21-39-27-30(43-45(34,35)36)28-41-25-23-38-22-24-40-26-29(42-44(31,32)33)18-14-11-13-16-20-37-19-15-6-4-2/h29-30H,3-28H2,1-2H3,(H,31,32,33)(H,34,35,36). The van der Waals surface area contributed by atoms with E-state index in [0.717, 1.165) is 64.6 Å². The molecule has 45 heavy (non-hydrogen) atoms.